The van der Waals surface area contributed by atoms with E-state index in [1.807, 2.05) is 13.0 Å². The number of aromatic nitrogens is 3. The predicted octanol–water partition coefficient (Wildman–Crippen LogP) is 6.72. The minimum absolute atomic E-state index is 0. The fourth-order valence-electron chi connectivity index (χ4n) is 6.92. The number of fused-ring (bicyclic) bond motifs is 1. The molecule has 9 heteroatoms. The zero-order valence-corrected chi connectivity index (χ0v) is 27.3. The smallest absolute Gasteiger partial charge is 0.311 e. The van der Waals surface area contributed by atoms with Crippen LogP contribution in [-0.2, 0) is 34.4 Å². The van der Waals surface area contributed by atoms with Gasteiger partial charge in [0, 0.05) is 37.8 Å². The van der Waals surface area contributed by atoms with Gasteiger partial charge in [-0.05, 0) is 71.6 Å². The van der Waals surface area contributed by atoms with Gasteiger partial charge in [0.05, 0.1) is 29.8 Å². The molecule has 8 nitrogen and oxygen atoms in total. The molecule has 2 aliphatic rings. The van der Waals surface area contributed by atoms with Gasteiger partial charge in [0.2, 0.25) is 0 Å². The molecule has 2 aromatic rings. The van der Waals surface area contributed by atoms with E-state index in [1.165, 1.54) is 45.6 Å². The minimum Gasteiger partial charge on any atom is -0.474 e. The summed E-state index contributed by atoms with van der Waals surface area (Å²) in [5, 5.41) is 13.9. The predicted molar refractivity (Wildman–Crippen MR) is 151 cm³/mol. The van der Waals surface area contributed by atoms with Gasteiger partial charge in [-0.25, -0.2) is 0 Å². The van der Waals surface area contributed by atoms with Crippen LogP contribution in [0.3, 0.4) is 0 Å². The number of methoxy groups -OCH3 is 1. The molecule has 1 aromatic carbocycles. The molecule has 0 saturated heterocycles. The summed E-state index contributed by atoms with van der Waals surface area (Å²) in [6.45, 7) is 7.15. The van der Waals surface area contributed by atoms with Crippen LogP contribution in [-0.4, -0.2) is 33.8 Å². The average molecular weight is 740 g/mol. The van der Waals surface area contributed by atoms with E-state index in [4.69, 9.17) is 9.47 Å². The van der Waals surface area contributed by atoms with Crippen LogP contribution in [0.15, 0.2) is 24.5 Å². The Labute approximate surface area is 257 Å². The Bertz CT molecular complexity index is 1220. The first kappa shape index (κ1) is 32.9. The summed E-state index contributed by atoms with van der Waals surface area (Å²) in [4.78, 5) is 30.5. The fraction of sp³-hybridized carbons (Fsp3) is 0.656. The molecular weight excluding hydrogens is 697 g/mol. The van der Waals surface area contributed by atoms with Crippen LogP contribution in [0.1, 0.15) is 97.9 Å². The van der Waals surface area contributed by atoms with Crippen LogP contribution in [0.25, 0.3) is 11.4 Å². The molecule has 0 N–H and O–H groups in total. The maximum Gasteiger partial charge on any atom is 0.311 e. The van der Waals surface area contributed by atoms with Crippen molar-refractivity contribution in [1.82, 2.24) is 14.8 Å². The van der Waals surface area contributed by atoms with Crippen LogP contribution in [0.5, 0.6) is 5.75 Å². The normalized spacial score (nSPS) is 22.7. The number of nitrogens with zero attached hydrogens (tertiary/aromatic N) is 4. The number of esters is 2. The average Bonchev–Trinajstić information content (AvgIpc) is 3.45. The second-order valence-corrected chi connectivity index (χ2v) is 12.7. The van der Waals surface area contributed by atoms with Crippen molar-refractivity contribution in [2.75, 3.05) is 7.11 Å². The van der Waals surface area contributed by atoms with E-state index < -0.39 is 16.8 Å². The van der Waals surface area contributed by atoms with E-state index in [2.05, 4.69) is 26.9 Å². The number of hydrogen-bond acceptors (Lipinski definition) is 7. The molecule has 5 unspecified atom stereocenters. The maximum absolute atomic E-state index is 13.5. The molecule has 41 heavy (non-hydrogen) atoms. The molecule has 2 fully saturated rings. The van der Waals surface area contributed by atoms with E-state index in [0.717, 1.165) is 23.7 Å². The molecule has 0 aliphatic heterocycles. The molecule has 5 atom stereocenters. The van der Waals surface area contributed by atoms with Crippen molar-refractivity contribution in [1.29, 1.82) is 5.26 Å². The quantitative estimate of drug-likeness (QED) is 0.151. The van der Waals surface area contributed by atoms with Gasteiger partial charge >= 0.3 is 11.9 Å². The van der Waals surface area contributed by atoms with Crippen molar-refractivity contribution in [2.24, 2.45) is 28.6 Å². The summed E-state index contributed by atoms with van der Waals surface area (Å²) in [6, 6.07) is 11.1. The van der Waals surface area contributed by atoms with Crippen molar-refractivity contribution in [2.45, 2.75) is 97.9 Å². The summed E-state index contributed by atoms with van der Waals surface area (Å²) >= 11 is 0. The van der Waals surface area contributed by atoms with E-state index in [0.29, 0.717) is 30.6 Å². The molecule has 0 spiro atoms. The Morgan fingerprint density at radius 1 is 1.15 bits per heavy atom. The monoisotopic (exact) mass is 740 g/mol. The van der Waals surface area contributed by atoms with E-state index in [1.54, 1.807) is 39.2 Å². The van der Waals surface area contributed by atoms with Crippen LogP contribution in [0.4, 0.5) is 0 Å². The largest absolute Gasteiger partial charge is 0.474 e. The number of nitriles is 1. The van der Waals surface area contributed by atoms with Crippen molar-refractivity contribution < 1.29 is 39.2 Å². The van der Waals surface area contributed by atoms with Gasteiger partial charge in [-0.3, -0.25) is 19.3 Å². The first-order valence-corrected chi connectivity index (χ1v) is 14.7. The van der Waals surface area contributed by atoms with E-state index in [9.17, 15) is 14.9 Å². The maximum atomic E-state index is 13.5. The zero-order valence-electron chi connectivity index (χ0n) is 24.9. The SMILES string of the molecule is COC(=O)C(C)(C)CC(C)(CCC(C)C#N)C(=O)Oc1c[c-]c(-c2ncnn2C2CCCC3CCCCC32)cc1.[Ir]. The molecule has 2 saturated carbocycles. The summed E-state index contributed by atoms with van der Waals surface area (Å²) < 4.78 is 12.9. The number of ether oxygens (including phenoxy) is 2. The van der Waals surface area contributed by atoms with Gasteiger partial charge in [-0.15, -0.1) is 29.8 Å². The number of carbonyl (C=O) groups is 2. The van der Waals surface area contributed by atoms with Crippen molar-refractivity contribution >= 4 is 11.9 Å². The molecule has 1 heterocycles. The molecule has 1 aromatic heterocycles. The Hall–Kier alpha value is -2.56. The molecular formula is C32H43IrN4O4-. The second-order valence-electron chi connectivity index (χ2n) is 12.7. The molecule has 0 amide bonds. The Morgan fingerprint density at radius 3 is 2.56 bits per heavy atom. The molecule has 225 valence electrons. The standard InChI is InChI=1S/C32H43N4O4.Ir/c1-22(19-33)17-18-32(4,20-31(2,3)29(37)39-5)30(38)40-25-15-13-24(14-16-25)28-34-21-35-36(28)27-12-8-10-23-9-6-7-11-26(23)27;/h13,15-16,21-23,26-27H,6-12,17-18,20H2,1-5H3;/q-1;. The van der Waals surface area contributed by atoms with Crippen LogP contribution in [0, 0.1) is 46.0 Å². The zero-order chi connectivity index (χ0) is 28.9. The second kappa shape index (κ2) is 14.1. The van der Waals surface area contributed by atoms with Crippen LogP contribution in [0.2, 0.25) is 0 Å². The van der Waals surface area contributed by atoms with Gasteiger partial charge < -0.3 is 9.47 Å². The number of benzene rings is 1. The molecule has 0 bridgehead atoms. The van der Waals surface area contributed by atoms with Crippen molar-refractivity contribution in [3.05, 3.63) is 30.6 Å². The Morgan fingerprint density at radius 2 is 1.88 bits per heavy atom. The van der Waals surface area contributed by atoms with Crippen LogP contribution < -0.4 is 4.74 Å². The summed E-state index contributed by atoms with van der Waals surface area (Å²) in [5.41, 5.74) is -1.07. The number of carbonyl (C=O) groups excluding carboxylic acids is 2. The summed E-state index contributed by atoms with van der Waals surface area (Å²) in [6.07, 6.45) is 11.7. The van der Waals surface area contributed by atoms with E-state index >= 15 is 0 Å². The first-order valence-electron chi connectivity index (χ1n) is 14.7. The fourth-order valence-corrected chi connectivity index (χ4v) is 6.92. The molecule has 4 rings (SSSR count). The van der Waals surface area contributed by atoms with Gasteiger partial charge in [-0.1, -0.05) is 32.1 Å². The van der Waals surface area contributed by atoms with Gasteiger partial charge in [0.25, 0.3) is 0 Å². The van der Waals surface area contributed by atoms with Gasteiger partial charge in [0.1, 0.15) is 6.33 Å². The minimum atomic E-state index is -0.987. The third-order valence-electron chi connectivity index (χ3n) is 9.07. The third-order valence-corrected chi connectivity index (χ3v) is 9.07. The molecule has 2 aliphatic carbocycles. The Balaban J connectivity index is 0.00000462. The van der Waals surface area contributed by atoms with Gasteiger partial charge in [-0.2, -0.15) is 10.4 Å². The third kappa shape index (κ3) is 7.64. The summed E-state index contributed by atoms with van der Waals surface area (Å²) in [7, 11) is 1.34. The van der Waals surface area contributed by atoms with E-state index in [-0.39, 0.29) is 38.4 Å². The first-order chi connectivity index (χ1) is 19.1. The number of hydrogen-bond donors (Lipinski definition) is 0. The number of rotatable bonds is 10. The molecule has 1 radical (unpaired) electrons. The Kier molecular flexibility index (Phi) is 11.3. The van der Waals surface area contributed by atoms with Gasteiger partial charge in [0.15, 0.2) is 0 Å². The van der Waals surface area contributed by atoms with Crippen molar-refractivity contribution in [3.8, 4) is 23.2 Å². The summed E-state index contributed by atoms with van der Waals surface area (Å²) in [5.74, 6) is 1.56. The van der Waals surface area contributed by atoms with Crippen LogP contribution >= 0.6 is 0 Å². The topological polar surface area (TPSA) is 107 Å². The van der Waals surface area contributed by atoms with Crippen molar-refractivity contribution in [3.63, 3.8) is 0 Å².